The number of carbonyl (C=O) groups is 1. The average molecular weight is 379 g/mol. The van der Waals surface area contributed by atoms with Crippen LogP contribution in [-0.4, -0.2) is 16.0 Å². The quantitative estimate of drug-likeness (QED) is 0.553. The highest BCUT2D eigenvalue weighted by Crippen LogP contribution is 2.23. The van der Waals surface area contributed by atoms with Gasteiger partial charge in [0.2, 0.25) is 5.76 Å². The van der Waals surface area contributed by atoms with E-state index >= 15 is 0 Å². The Morgan fingerprint density at radius 2 is 1.89 bits per heavy atom. The van der Waals surface area contributed by atoms with Gasteiger partial charge >= 0.3 is 0 Å². The Morgan fingerprint density at radius 3 is 2.70 bits per heavy atom. The molecule has 0 radical (unpaired) electrons. The first kappa shape index (κ1) is 17.1. The van der Waals surface area contributed by atoms with Crippen LogP contribution in [-0.2, 0) is 6.54 Å². The van der Waals surface area contributed by atoms with Gasteiger partial charge in [0.15, 0.2) is 0 Å². The lowest BCUT2D eigenvalue weighted by Crippen LogP contribution is -2.22. The minimum Gasteiger partial charge on any atom is -0.350 e. The number of thiazole rings is 1. The van der Waals surface area contributed by atoms with Gasteiger partial charge in [0.25, 0.3) is 5.91 Å². The van der Waals surface area contributed by atoms with Gasteiger partial charge in [-0.1, -0.05) is 47.6 Å². The van der Waals surface area contributed by atoms with E-state index in [0.717, 1.165) is 16.3 Å². The molecule has 0 bridgehead atoms. The zero-order chi connectivity index (χ0) is 18.6. The van der Waals surface area contributed by atoms with E-state index in [1.54, 1.807) is 12.1 Å². The van der Waals surface area contributed by atoms with E-state index in [0.29, 0.717) is 11.3 Å². The summed E-state index contributed by atoms with van der Waals surface area (Å²) in [5.74, 6) is -0.716. The molecule has 4 rings (SSSR count). The lowest BCUT2D eigenvalue weighted by atomic mass is 10.1. The molecule has 0 atom stereocenters. The maximum atomic E-state index is 13.3. The van der Waals surface area contributed by atoms with Gasteiger partial charge in [0.05, 0.1) is 12.2 Å². The SMILES string of the molecule is O=C(NCc1csc(-c2ccccc2)n1)c1cc(-c2cccc(F)c2)no1. The van der Waals surface area contributed by atoms with E-state index in [1.807, 2.05) is 35.7 Å². The van der Waals surface area contributed by atoms with Crippen molar-refractivity contribution in [1.82, 2.24) is 15.5 Å². The molecule has 1 amide bonds. The molecule has 0 saturated carbocycles. The van der Waals surface area contributed by atoms with Crippen molar-refractivity contribution in [2.24, 2.45) is 0 Å². The number of hydrogen-bond acceptors (Lipinski definition) is 5. The Kier molecular flexibility index (Phi) is 4.76. The van der Waals surface area contributed by atoms with Crippen LogP contribution >= 0.6 is 11.3 Å². The van der Waals surface area contributed by atoms with Gasteiger partial charge in [-0.25, -0.2) is 9.37 Å². The highest BCUT2D eigenvalue weighted by Gasteiger charge is 2.15. The van der Waals surface area contributed by atoms with E-state index in [2.05, 4.69) is 15.5 Å². The third kappa shape index (κ3) is 3.93. The summed E-state index contributed by atoms with van der Waals surface area (Å²) in [5.41, 5.74) is 2.75. The van der Waals surface area contributed by atoms with Gasteiger partial charge < -0.3 is 9.84 Å². The number of amides is 1. The van der Waals surface area contributed by atoms with Crippen LogP contribution in [0, 0.1) is 5.82 Å². The number of hydrogen-bond donors (Lipinski definition) is 1. The number of nitrogens with zero attached hydrogens (tertiary/aromatic N) is 2. The zero-order valence-electron chi connectivity index (χ0n) is 14.1. The second kappa shape index (κ2) is 7.51. The molecular weight excluding hydrogens is 365 g/mol. The minimum absolute atomic E-state index is 0.0628. The number of benzene rings is 2. The molecule has 0 aliphatic carbocycles. The van der Waals surface area contributed by atoms with Gasteiger partial charge in [0, 0.05) is 22.6 Å². The lowest BCUT2D eigenvalue weighted by Gasteiger charge is -1.99. The molecule has 5 nitrogen and oxygen atoms in total. The molecule has 0 spiro atoms. The topological polar surface area (TPSA) is 68.0 Å². The average Bonchev–Trinajstić information content (AvgIpc) is 3.37. The fourth-order valence-electron chi connectivity index (χ4n) is 2.53. The number of aromatic nitrogens is 2. The molecule has 134 valence electrons. The van der Waals surface area contributed by atoms with Gasteiger partial charge in [-0.3, -0.25) is 4.79 Å². The van der Waals surface area contributed by atoms with Crippen LogP contribution in [0.15, 0.2) is 70.6 Å². The predicted octanol–water partition coefficient (Wildman–Crippen LogP) is 4.53. The van der Waals surface area contributed by atoms with Crippen molar-refractivity contribution >= 4 is 17.2 Å². The van der Waals surface area contributed by atoms with E-state index in [-0.39, 0.29) is 18.1 Å². The van der Waals surface area contributed by atoms with Crippen LogP contribution in [0.5, 0.6) is 0 Å². The predicted molar refractivity (Wildman–Crippen MR) is 101 cm³/mol. The molecule has 7 heteroatoms. The molecule has 2 aromatic carbocycles. The smallest absolute Gasteiger partial charge is 0.290 e. The molecule has 0 aliphatic heterocycles. The molecule has 0 aliphatic rings. The van der Waals surface area contributed by atoms with Gasteiger partial charge in [-0.15, -0.1) is 11.3 Å². The summed E-state index contributed by atoms with van der Waals surface area (Å²) in [6, 6.07) is 17.3. The molecule has 0 fully saturated rings. The van der Waals surface area contributed by atoms with E-state index < -0.39 is 5.91 Å². The highest BCUT2D eigenvalue weighted by atomic mass is 32.1. The van der Waals surface area contributed by atoms with Crippen LogP contribution in [0.1, 0.15) is 16.2 Å². The first-order valence-electron chi connectivity index (χ1n) is 8.20. The van der Waals surface area contributed by atoms with Crippen molar-refractivity contribution < 1.29 is 13.7 Å². The molecular formula is C20H14FN3O2S. The Bertz CT molecular complexity index is 1080. The molecule has 1 N–H and O–H groups in total. The van der Waals surface area contributed by atoms with Crippen LogP contribution in [0.3, 0.4) is 0 Å². The molecule has 27 heavy (non-hydrogen) atoms. The molecule has 2 aromatic heterocycles. The summed E-state index contributed by atoms with van der Waals surface area (Å²) in [5, 5.41) is 9.39. The fourth-order valence-corrected chi connectivity index (χ4v) is 3.35. The lowest BCUT2D eigenvalue weighted by molar-refractivity contribution is 0.0913. The summed E-state index contributed by atoms with van der Waals surface area (Å²) >= 11 is 1.52. The van der Waals surface area contributed by atoms with Crippen molar-refractivity contribution in [3.05, 3.63) is 83.3 Å². The summed E-state index contributed by atoms with van der Waals surface area (Å²) in [7, 11) is 0. The summed E-state index contributed by atoms with van der Waals surface area (Å²) in [4.78, 5) is 16.8. The monoisotopic (exact) mass is 379 g/mol. The van der Waals surface area contributed by atoms with Crippen LogP contribution in [0.25, 0.3) is 21.8 Å². The number of halogens is 1. The Labute approximate surface area is 158 Å². The normalized spacial score (nSPS) is 10.7. The largest absolute Gasteiger partial charge is 0.350 e. The first-order valence-corrected chi connectivity index (χ1v) is 9.08. The van der Waals surface area contributed by atoms with Crippen molar-refractivity contribution in [3.63, 3.8) is 0 Å². The van der Waals surface area contributed by atoms with Crippen LogP contribution in [0.2, 0.25) is 0 Å². The Balaban J connectivity index is 1.41. The maximum absolute atomic E-state index is 13.3. The van der Waals surface area contributed by atoms with Gasteiger partial charge in [-0.05, 0) is 12.1 Å². The first-order chi connectivity index (χ1) is 13.2. The van der Waals surface area contributed by atoms with Crippen LogP contribution < -0.4 is 5.32 Å². The number of rotatable bonds is 5. The minimum atomic E-state index is -0.403. The third-order valence-corrected chi connectivity index (χ3v) is 4.80. The van der Waals surface area contributed by atoms with Crippen molar-refractivity contribution in [1.29, 1.82) is 0 Å². The molecule has 4 aromatic rings. The van der Waals surface area contributed by atoms with Crippen molar-refractivity contribution in [2.75, 3.05) is 0 Å². The van der Waals surface area contributed by atoms with Crippen LogP contribution in [0.4, 0.5) is 4.39 Å². The van der Waals surface area contributed by atoms with Crippen molar-refractivity contribution in [2.45, 2.75) is 6.54 Å². The molecule has 2 heterocycles. The third-order valence-electron chi connectivity index (χ3n) is 3.86. The molecule has 0 unspecified atom stereocenters. The Hall–Kier alpha value is -3.32. The standard InChI is InChI=1S/C20H14FN3O2S/c21-15-8-4-7-14(9-15)17-10-18(26-24-17)19(25)22-11-16-12-27-20(23-16)13-5-2-1-3-6-13/h1-10,12H,11H2,(H,22,25). The van der Waals surface area contributed by atoms with Gasteiger partial charge in [0.1, 0.15) is 16.5 Å². The van der Waals surface area contributed by atoms with E-state index in [1.165, 1.54) is 29.5 Å². The second-order valence-corrected chi connectivity index (χ2v) is 6.64. The maximum Gasteiger partial charge on any atom is 0.290 e. The zero-order valence-corrected chi connectivity index (χ0v) is 14.9. The number of carbonyl (C=O) groups excluding carboxylic acids is 1. The molecule has 0 saturated heterocycles. The number of nitrogens with one attached hydrogen (secondary N) is 1. The summed E-state index contributed by atoms with van der Waals surface area (Å²) < 4.78 is 18.4. The highest BCUT2D eigenvalue weighted by molar-refractivity contribution is 7.13. The van der Waals surface area contributed by atoms with E-state index in [9.17, 15) is 9.18 Å². The Morgan fingerprint density at radius 1 is 1.07 bits per heavy atom. The summed E-state index contributed by atoms with van der Waals surface area (Å²) in [6.07, 6.45) is 0. The van der Waals surface area contributed by atoms with Gasteiger partial charge in [-0.2, -0.15) is 0 Å². The van der Waals surface area contributed by atoms with Crippen molar-refractivity contribution in [3.8, 4) is 21.8 Å². The fraction of sp³-hybridized carbons (Fsp3) is 0.0500. The van der Waals surface area contributed by atoms with E-state index in [4.69, 9.17) is 4.52 Å². The summed E-state index contributed by atoms with van der Waals surface area (Å²) in [6.45, 7) is 0.276. The second-order valence-electron chi connectivity index (χ2n) is 5.78.